The van der Waals surface area contributed by atoms with E-state index in [9.17, 15) is 4.79 Å². The van der Waals surface area contributed by atoms with Gasteiger partial charge in [0, 0.05) is 24.6 Å². The van der Waals surface area contributed by atoms with E-state index in [-0.39, 0.29) is 5.91 Å². The lowest BCUT2D eigenvalue weighted by atomic mass is 10.2. The highest BCUT2D eigenvalue weighted by atomic mass is 16.1. The molecule has 1 aromatic carbocycles. The van der Waals surface area contributed by atoms with Crippen molar-refractivity contribution >= 4 is 11.6 Å². The Hall–Kier alpha value is -2.27. The molecule has 0 radical (unpaired) electrons. The summed E-state index contributed by atoms with van der Waals surface area (Å²) in [7, 11) is 1.88. The van der Waals surface area contributed by atoms with E-state index in [1.807, 2.05) is 31.3 Å². The standard InChI is InChI=1S/C13H14N4O/c1-14-8-10-3-2-4-11(7-10)17-13(18)12-9-15-5-6-16-12/h2-7,9,14H,8H2,1H3,(H,17,18). The van der Waals surface area contributed by atoms with E-state index in [2.05, 4.69) is 20.6 Å². The minimum Gasteiger partial charge on any atom is -0.321 e. The molecule has 0 aliphatic rings. The van der Waals surface area contributed by atoms with E-state index in [1.165, 1.54) is 18.6 Å². The number of rotatable bonds is 4. The van der Waals surface area contributed by atoms with Crippen molar-refractivity contribution in [1.29, 1.82) is 0 Å². The number of benzene rings is 1. The number of carbonyl (C=O) groups excluding carboxylic acids is 1. The fraction of sp³-hybridized carbons (Fsp3) is 0.154. The van der Waals surface area contributed by atoms with E-state index in [0.29, 0.717) is 5.69 Å². The van der Waals surface area contributed by atoms with Gasteiger partial charge in [-0.25, -0.2) is 4.98 Å². The molecular weight excluding hydrogens is 228 g/mol. The molecule has 0 aliphatic carbocycles. The molecular formula is C13H14N4O. The van der Waals surface area contributed by atoms with Gasteiger partial charge in [0.15, 0.2) is 0 Å². The Labute approximate surface area is 105 Å². The van der Waals surface area contributed by atoms with Crippen molar-refractivity contribution in [2.24, 2.45) is 0 Å². The molecule has 1 heterocycles. The fourth-order valence-corrected chi connectivity index (χ4v) is 1.57. The van der Waals surface area contributed by atoms with Crippen LogP contribution < -0.4 is 10.6 Å². The smallest absolute Gasteiger partial charge is 0.275 e. The van der Waals surface area contributed by atoms with Crippen LogP contribution >= 0.6 is 0 Å². The zero-order valence-corrected chi connectivity index (χ0v) is 10.1. The quantitative estimate of drug-likeness (QED) is 0.851. The monoisotopic (exact) mass is 242 g/mol. The van der Waals surface area contributed by atoms with Gasteiger partial charge in [0.2, 0.25) is 0 Å². The van der Waals surface area contributed by atoms with Crippen LogP contribution in [0, 0.1) is 0 Å². The van der Waals surface area contributed by atoms with Crippen LogP contribution in [-0.4, -0.2) is 22.9 Å². The van der Waals surface area contributed by atoms with Crippen LogP contribution in [0.15, 0.2) is 42.9 Å². The maximum atomic E-state index is 11.9. The minimum absolute atomic E-state index is 0.260. The van der Waals surface area contributed by atoms with Crippen molar-refractivity contribution < 1.29 is 4.79 Å². The maximum absolute atomic E-state index is 11.9. The lowest BCUT2D eigenvalue weighted by Gasteiger charge is -2.06. The molecule has 18 heavy (non-hydrogen) atoms. The van der Waals surface area contributed by atoms with E-state index >= 15 is 0 Å². The first-order valence-electron chi connectivity index (χ1n) is 5.60. The predicted octanol–water partition coefficient (Wildman–Crippen LogP) is 1.45. The number of anilines is 1. The summed E-state index contributed by atoms with van der Waals surface area (Å²) in [5.41, 5.74) is 2.16. The van der Waals surface area contributed by atoms with Gasteiger partial charge in [-0.15, -0.1) is 0 Å². The third kappa shape index (κ3) is 3.11. The molecule has 2 N–H and O–H groups in total. The highest BCUT2D eigenvalue weighted by Gasteiger charge is 2.07. The van der Waals surface area contributed by atoms with Gasteiger partial charge in [0.1, 0.15) is 5.69 Å². The van der Waals surface area contributed by atoms with Crippen molar-refractivity contribution in [2.75, 3.05) is 12.4 Å². The van der Waals surface area contributed by atoms with Crippen LogP contribution in [0.5, 0.6) is 0 Å². The van der Waals surface area contributed by atoms with Gasteiger partial charge >= 0.3 is 0 Å². The second kappa shape index (κ2) is 5.88. The Morgan fingerprint density at radius 2 is 2.22 bits per heavy atom. The van der Waals surface area contributed by atoms with E-state index in [4.69, 9.17) is 0 Å². The lowest BCUT2D eigenvalue weighted by Crippen LogP contribution is -2.14. The Bertz CT molecular complexity index is 528. The van der Waals surface area contributed by atoms with Crippen molar-refractivity contribution in [3.05, 3.63) is 54.1 Å². The molecule has 0 saturated heterocycles. The lowest BCUT2D eigenvalue weighted by molar-refractivity contribution is 0.102. The summed E-state index contributed by atoms with van der Waals surface area (Å²) >= 11 is 0. The normalized spacial score (nSPS) is 10.1. The summed E-state index contributed by atoms with van der Waals surface area (Å²) in [4.78, 5) is 19.7. The second-order valence-corrected chi connectivity index (χ2v) is 3.78. The number of nitrogens with one attached hydrogen (secondary N) is 2. The first-order valence-corrected chi connectivity index (χ1v) is 5.60. The molecule has 5 nitrogen and oxygen atoms in total. The highest BCUT2D eigenvalue weighted by molar-refractivity contribution is 6.02. The summed E-state index contributed by atoms with van der Waals surface area (Å²) in [5, 5.41) is 5.85. The molecule has 0 unspecified atom stereocenters. The van der Waals surface area contributed by atoms with E-state index in [0.717, 1.165) is 17.8 Å². The zero-order chi connectivity index (χ0) is 12.8. The summed E-state index contributed by atoms with van der Waals surface area (Å²) in [5.74, 6) is -0.260. The molecule has 0 spiro atoms. The third-order valence-corrected chi connectivity index (χ3v) is 2.36. The van der Waals surface area contributed by atoms with Gasteiger partial charge in [-0.1, -0.05) is 12.1 Å². The molecule has 1 aromatic heterocycles. The number of nitrogens with zero attached hydrogens (tertiary/aromatic N) is 2. The Balaban J connectivity index is 2.10. The first kappa shape index (κ1) is 12.2. The van der Waals surface area contributed by atoms with Gasteiger partial charge in [0.25, 0.3) is 5.91 Å². The number of aromatic nitrogens is 2. The summed E-state index contributed by atoms with van der Waals surface area (Å²) in [6.07, 6.45) is 4.46. The molecule has 0 aliphatic heterocycles. The van der Waals surface area contributed by atoms with Gasteiger partial charge in [-0.2, -0.15) is 0 Å². The van der Waals surface area contributed by atoms with Crippen LogP contribution in [-0.2, 0) is 6.54 Å². The van der Waals surface area contributed by atoms with Crippen LogP contribution in [0.1, 0.15) is 16.1 Å². The van der Waals surface area contributed by atoms with E-state index in [1.54, 1.807) is 0 Å². The predicted molar refractivity (Wildman–Crippen MR) is 69.2 cm³/mol. The summed E-state index contributed by atoms with van der Waals surface area (Å²) in [6.45, 7) is 0.759. The van der Waals surface area contributed by atoms with Crippen molar-refractivity contribution in [2.45, 2.75) is 6.54 Å². The molecule has 0 fully saturated rings. The third-order valence-electron chi connectivity index (χ3n) is 2.36. The van der Waals surface area contributed by atoms with Gasteiger partial charge in [-0.05, 0) is 24.7 Å². The van der Waals surface area contributed by atoms with Gasteiger partial charge in [-0.3, -0.25) is 9.78 Å². The first-order chi connectivity index (χ1) is 8.79. The summed E-state index contributed by atoms with van der Waals surface area (Å²) < 4.78 is 0. The minimum atomic E-state index is -0.260. The Morgan fingerprint density at radius 3 is 2.94 bits per heavy atom. The molecule has 92 valence electrons. The Morgan fingerprint density at radius 1 is 1.33 bits per heavy atom. The zero-order valence-electron chi connectivity index (χ0n) is 10.1. The molecule has 0 bridgehead atoms. The number of hydrogen-bond donors (Lipinski definition) is 2. The molecule has 5 heteroatoms. The molecule has 2 aromatic rings. The number of hydrogen-bond acceptors (Lipinski definition) is 4. The number of carbonyl (C=O) groups is 1. The molecule has 2 rings (SSSR count). The van der Waals surface area contributed by atoms with Gasteiger partial charge in [0.05, 0.1) is 6.20 Å². The Kier molecular flexibility index (Phi) is 3.98. The molecule has 1 amide bonds. The van der Waals surface area contributed by atoms with Crippen LogP contribution in [0.3, 0.4) is 0 Å². The maximum Gasteiger partial charge on any atom is 0.275 e. The van der Waals surface area contributed by atoms with Crippen molar-refractivity contribution in [1.82, 2.24) is 15.3 Å². The fourth-order valence-electron chi connectivity index (χ4n) is 1.57. The van der Waals surface area contributed by atoms with Crippen LogP contribution in [0.4, 0.5) is 5.69 Å². The topological polar surface area (TPSA) is 66.9 Å². The van der Waals surface area contributed by atoms with Crippen molar-refractivity contribution in [3.8, 4) is 0 Å². The van der Waals surface area contributed by atoms with Gasteiger partial charge < -0.3 is 10.6 Å². The second-order valence-electron chi connectivity index (χ2n) is 3.78. The van der Waals surface area contributed by atoms with Crippen molar-refractivity contribution in [3.63, 3.8) is 0 Å². The molecule has 0 saturated carbocycles. The average molecular weight is 242 g/mol. The summed E-state index contributed by atoms with van der Waals surface area (Å²) in [6, 6.07) is 7.66. The SMILES string of the molecule is CNCc1cccc(NC(=O)c2cnccn2)c1. The van der Waals surface area contributed by atoms with Crippen LogP contribution in [0.25, 0.3) is 0 Å². The van der Waals surface area contributed by atoms with Crippen LogP contribution in [0.2, 0.25) is 0 Å². The average Bonchev–Trinajstić information content (AvgIpc) is 2.40. The van der Waals surface area contributed by atoms with E-state index < -0.39 is 0 Å². The number of amides is 1. The largest absolute Gasteiger partial charge is 0.321 e. The highest BCUT2D eigenvalue weighted by Crippen LogP contribution is 2.11. The molecule has 0 atom stereocenters.